The zero-order chi connectivity index (χ0) is 16.4. The molecule has 0 bridgehead atoms. The number of hydrogen-bond donors (Lipinski definition) is 1. The number of rotatable bonds is 3. The van der Waals surface area contributed by atoms with Gasteiger partial charge in [0.15, 0.2) is 11.6 Å². The Morgan fingerprint density at radius 3 is 2.43 bits per heavy atom. The molecule has 0 spiro atoms. The van der Waals surface area contributed by atoms with Crippen LogP contribution in [0.2, 0.25) is 0 Å². The van der Waals surface area contributed by atoms with E-state index in [1.165, 1.54) is 36.7 Å². The van der Waals surface area contributed by atoms with Crippen LogP contribution in [-0.2, 0) is 0 Å². The van der Waals surface area contributed by atoms with Crippen LogP contribution in [0.4, 0.5) is 18.9 Å². The smallest absolute Gasteiger partial charge is 0.295 e. The van der Waals surface area contributed by atoms with Crippen molar-refractivity contribution in [1.82, 2.24) is 14.8 Å². The fourth-order valence-electron chi connectivity index (χ4n) is 1.84. The lowest BCUT2D eigenvalue weighted by molar-refractivity contribution is 0.101. The van der Waals surface area contributed by atoms with Gasteiger partial charge in [0.25, 0.3) is 5.91 Å². The van der Waals surface area contributed by atoms with Crippen molar-refractivity contribution in [1.29, 1.82) is 0 Å². The molecule has 2 aromatic carbocycles. The van der Waals surface area contributed by atoms with Gasteiger partial charge < -0.3 is 5.32 Å². The molecule has 1 N–H and O–H groups in total. The first-order valence-corrected chi connectivity index (χ1v) is 6.47. The molecule has 0 saturated carbocycles. The predicted octanol–water partition coefficient (Wildman–Crippen LogP) is 2.94. The number of aromatic nitrogens is 3. The van der Waals surface area contributed by atoms with Crippen molar-refractivity contribution in [3.8, 4) is 5.69 Å². The number of carbonyl (C=O) groups excluding carboxylic acids is 1. The van der Waals surface area contributed by atoms with E-state index in [2.05, 4.69) is 15.4 Å². The molecular weight excluding hydrogens is 309 g/mol. The largest absolute Gasteiger partial charge is 0.319 e. The minimum atomic E-state index is -1.03. The molecule has 5 nitrogen and oxygen atoms in total. The van der Waals surface area contributed by atoms with Gasteiger partial charge in [-0.3, -0.25) is 4.79 Å². The van der Waals surface area contributed by atoms with Crippen LogP contribution in [0, 0.1) is 17.5 Å². The summed E-state index contributed by atoms with van der Waals surface area (Å²) in [5.74, 6) is -3.22. The minimum Gasteiger partial charge on any atom is -0.319 e. The van der Waals surface area contributed by atoms with E-state index in [9.17, 15) is 18.0 Å². The highest BCUT2D eigenvalue weighted by molar-refractivity contribution is 6.01. The Labute approximate surface area is 128 Å². The molecule has 1 heterocycles. The van der Waals surface area contributed by atoms with Crippen molar-refractivity contribution in [3.63, 3.8) is 0 Å². The second-order valence-corrected chi connectivity index (χ2v) is 4.57. The van der Waals surface area contributed by atoms with Gasteiger partial charge in [0.05, 0.1) is 5.69 Å². The van der Waals surface area contributed by atoms with Gasteiger partial charge in [0.1, 0.15) is 12.1 Å². The summed E-state index contributed by atoms with van der Waals surface area (Å²) >= 11 is 0. The molecule has 0 atom stereocenters. The van der Waals surface area contributed by atoms with E-state index in [4.69, 9.17) is 0 Å². The van der Waals surface area contributed by atoms with Crippen molar-refractivity contribution in [2.75, 3.05) is 5.32 Å². The minimum absolute atomic E-state index is 0.168. The Morgan fingerprint density at radius 1 is 1.00 bits per heavy atom. The topological polar surface area (TPSA) is 59.8 Å². The van der Waals surface area contributed by atoms with Gasteiger partial charge in [-0.15, -0.1) is 5.10 Å². The number of anilines is 1. The monoisotopic (exact) mass is 318 g/mol. The predicted molar refractivity (Wildman–Crippen MR) is 75.6 cm³/mol. The fourth-order valence-corrected chi connectivity index (χ4v) is 1.84. The average molecular weight is 318 g/mol. The van der Waals surface area contributed by atoms with Gasteiger partial charge in [0, 0.05) is 11.8 Å². The van der Waals surface area contributed by atoms with Gasteiger partial charge in [-0.2, -0.15) is 0 Å². The third kappa shape index (κ3) is 3.20. The lowest BCUT2D eigenvalue weighted by Gasteiger charge is -2.02. The summed E-state index contributed by atoms with van der Waals surface area (Å²) in [5, 5.41) is 6.39. The molecule has 23 heavy (non-hydrogen) atoms. The first-order valence-electron chi connectivity index (χ1n) is 6.47. The van der Waals surface area contributed by atoms with E-state index in [1.807, 2.05) is 0 Å². The first-order chi connectivity index (χ1) is 11.0. The zero-order valence-electron chi connectivity index (χ0n) is 11.5. The molecule has 116 valence electrons. The summed E-state index contributed by atoms with van der Waals surface area (Å²) in [5.41, 5.74) is 0.595. The zero-order valence-corrected chi connectivity index (χ0v) is 11.5. The van der Waals surface area contributed by atoms with Crippen LogP contribution in [0.3, 0.4) is 0 Å². The van der Waals surface area contributed by atoms with Crippen molar-refractivity contribution in [2.45, 2.75) is 0 Å². The van der Waals surface area contributed by atoms with Crippen molar-refractivity contribution < 1.29 is 18.0 Å². The third-order valence-corrected chi connectivity index (χ3v) is 2.96. The quantitative estimate of drug-likeness (QED) is 0.808. The summed E-state index contributed by atoms with van der Waals surface area (Å²) in [6, 6.07) is 8.36. The van der Waals surface area contributed by atoms with Crippen molar-refractivity contribution in [2.24, 2.45) is 0 Å². The molecule has 0 radical (unpaired) electrons. The number of benzene rings is 2. The van der Waals surface area contributed by atoms with E-state index in [1.54, 1.807) is 0 Å². The highest BCUT2D eigenvalue weighted by Gasteiger charge is 2.13. The number of amides is 1. The lowest BCUT2D eigenvalue weighted by atomic mass is 10.3. The average Bonchev–Trinajstić information content (AvgIpc) is 3.02. The van der Waals surface area contributed by atoms with Crippen LogP contribution in [0.5, 0.6) is 0 Å². The van der Waals surface area contributed by atoms with Gasteiger partial charge >= 0.3 is 0 Å². The number of halogens is 3. The number of hydrogen-bond acceptors (Lipinski definition) is 3. The van der Waals surface area contributed by atoms with E-state index >= 15 is 0 Å². The molecule has 8 heteroatoms. The number of nitrogens with zero attached hydrogens (tertiary/aromatic N) is 3. The molecule has 0 aliphatic carbocycles. The normalized spacial score (nSPS) is 10.6. The molecule has 3 aromatic rings. The Morgan fingerprint density at radius 2 is 1.74 bits per heavy atom. The Kier molecular flexibility index (Phi) is 3.80. The van der Waals surface area contributed by atoms with Gasteiger partial charge in [-0.25, -0.2) is 22.8 Å². The second-order valence-electron chi connectivity index (χ2n) is 4.57. The molecule has 0 aliphatic rings. The van der Waals surface area contributed by atoms with Crippen LogP contribution in [-0.4, -0.2) is 20.7 Å². The maximum atomic E-state index is 13.2. The van der Waals surface area contributed by atoms with Gasteiger partial charge in [-0.05, 0) is 36.4 Å². The summed E-state index contributed by atoms with van der Waals surface area (Å²) in [6.07, 6.45) is 1.20. The summed E-state index contributed by atoms with van der Waals surface area (Å²) in [4.78, 5) is 15.8. The lowest BCUT2D eigenvalue weighted by Crippen LogP contribution is -2.14. The standard InChI is InChI=1S/C15H9F3N4O/c16-9-1-3-10(4-2-9)20-15(23)14-19-8-22(21-14)11-5-6-12(17)13(18)7-11/h1-8H,(H,20,23). The summed E-state index contributed by atoms with van der Waals surface area (Å²) in [6.45, 7) is 0. The fraction of sp³-hybridized carbons (Fsp3) is 0. The summed E-state index contributed by atoms with van der Waals surface area (Å²) in [7, 11) is 0. The molecular formula is C15H9F3N4O. The Hall–Kier alpha value is -3.16. The van der Waals surface area contributed by atoms with Crippen molar-refractivity contribution >= 4 is 11.6 Å². The highest BCUT2D eigenvalue weighted by Crippen LogP contribution is 2.13. The first kappa shape index (κ1) is 14.8. The van der Waals surface area contributed by atoms with E-state index in [0.29, 0.717) is 5.69 Å². The Balaban J connectivity index is 1.79. The number of nitrogens with one attached hydrogen (secondary N) is 1. The molecule has 3 rings (SSSR count). The molecule has 1 amide bonds. The maximum absolute atomic E-state index is 13.2. The molecule has 0 unspecified atom stereocenters. The third-order valence-electron chi connectivity index (χ3n) is 2.96. The van der Waals surface area contributed by atoms with Gasteiger partial charge in [-0.1, -0.05) is 0 Å². The van der Waals surface area contributed by atoms with Crippen LogP contribution in [0.15, 0.2) is 48.8 Å². The van der Waals surface area contributed by atoms with Crippen LogP contribution < -0.4 is 5.32 Å². The summed E-state index contributed by atoms with van der Waals surface area (Å²) < 4.78 is 40.1. The SMILES string of the molecule is O=C(Nc1ccc(F)cc1)c1ncn(-c2ccc(F)c(F)c2)n1. The van der Waals surface area contributed by atoms with E-state index in [0.717, 1.165) is 16.8 Å². The maximum Gasteiger partial charge on any atom is 0.295 e. The van der Waals surface area contributed by atoms with Gasteiger partial charge in [0.2, 0.25) is 5.82 Å². The van der Waals surface area contributed by atoms with E-state index in [-0.39, 0.29) is 11.5 Å². The van der Waals surface area contributed by atoms with E-state index < -0.39 is 23.4 Å². The van der Waals surface area contributed by atoms with Crippen LogP contribution in [0.25, 0.3) is 5.69 Å². The van der Waals surface area contributed by atoms with Crippen molar-refractivity contribution in [3.05, 3.63) is 72.1 Å². The second kappa shape index (κ2) is 5.91. The van der Waals surface area contributed by atoms with Crippen LogP contribution >= 0.6 is 0 Å². The van der Waals surface area contributed by atoms with Crippen LogP contribution in [0.1, 0.15) is 10.6 Å². The molecule has 0 fully saturated rings. The number of carbonyl (C=O) groups is 1. The molecule has 0 aliphatic heterocycles. The highest BCUT2D eigenvalue weighted by atomic mass is 19.2. The molecule has 1 aromatic heterocycles. The Bertz CT molecular complexity index is 861. The molecule has 0 saturated heterocycles.